The van der Waals surface area contributed by atoms with Gasteiger partial charge in [0.15, 0.2) is 0 Å². The molecule has 0 saturated carbocycles. The first-order valence-electron chi connectivity index (χ1n) is 4.10. The van der Waals surface area contributed by atoms with Crippen LogP contribution in [0.1, 0.15) is 20.8 Å². The van der Waals surface area contributed by atoms with E-state index in [1.165, 1.54) is 0 Å². The van der Waals surface area contributed by atoms with E-state index in [9.17, 15) is 0 Å². The molecule has 2 aromatic rings. The topological polar surface area (TPSA) is 33.6 Å². The van der Waals surface area contributed by atoms with Crippen LogP contribution in [0.4, 0.5) is 0 Å². The number of aromatic amines is 1. The molecule has 2 rings (SSSR count). The van der Waals surface area contributed by atoms with Crippen LogP contribution in [-0.4, -0.2) is 14.8 Å². The first kappa shape index (κ1) is 7.40. The Hall–Kier alpha value is -1.25. The molecule has 0 aromatic carbocycles. The molecule has 0 aliphatic carbocycles. The highest BCUT2D eigenvalue weighted by molar-refractivity contribution is 5.73. The number of nitrogens with one attached hydrogen (secondary N) is 1. The summed E-state index contributed by atoms with van der Waals surface area (Å²) < 4.78 is 1.98. The molecule has 0 unspecified atom stereocenters. The van der Waals surface area contributed by atoms with Gasteiger partial charge >= 0.3 is 0 Å². The standard InChI is InChI=1S/C9H13N3/c1-9(2,3)12-6-8-7(11-12)4-5-10-8/h4-6,10H,1-3H3. The fourth-order valence-electron chi connectivity index (χ4n) is 1.18. The van der Waals surface area contributed by atoms with Crippen molar-refractivity contribution < 1.29 is 0 Å². The third-order valence-corrected chi connectivity index (χ3v) is 1.91. The molecule has 12 heavy (non-hydrogen) atoms. The van der Waals surface area contributed by atoms with E-state index in [1.807, 2.05) is 23.1 Å². The van der Waals surface area contributed by atoms with Crippen molar-refractivity contribution in [3.8, 4) is 0 Å². The Morgan fingerprint density at radius 3 is 2.75 bits per heavy atom. The summed E-state index contributed by atoms with van der Waals surface area (Å²) >= 11 is 0. The molecule has 2 aromatic heterocycles. The highest BCUT2D eigenvalue weighted by Crippen LogP contribution is 2.17. The van der Waals surface area contributed by atoms with Crippen molar-refractivity contribution in [3.05, 3.63) is 18.5 Å². The van der Waals surface area contributed by atoms with Gasteiger partial charge in [0.25, 0.3) is 0 Å². The molecule has 3 nitrogen and oxygen atoms in total. The Bertz CT molecular complexity index is 360. The summed E-state index contributed by atoms with van der Waals surface area (Å²) in [7, 11) is 0. The second kappa shape index (κ2) is 2.12. The molecule has 0 fully saturated rings. The van der Waals surface area contributed by atoms with E-state index < -0.39 is 0 Å². The Labute approximate surface area is 71.4 Å². The van der Waals surface area contributed by atoms with Gasteiger partial charge in [-0.3, -0.25) is 4.68 Å². The second-order valence-electron chi connectivity index (χ2n) is 4.02. The molecule has 0 spiro atoms. The zero-order valence-electron chi connectivity index (χ0n) is 7.63. The lowest BCUT2D eigenvalue weighted by Gasteiger charge is -2.18. The fraction of sp³-hybridized carbons (Fsp3) is 0.444. The predicted octanol–water partition coefficient (Wildman–Crippen LogP) is 2.12. The number of aromatic nitrogens is 3. The molecule has 1 N–H and O–H groups in total. The lowest BCUT2D eigenvalue weighted by Crippen LogP contribution is -2.21. The number of H-pyrrole nitrogens is 1. The third kappa shape index (κ3) is 1.02. The van der Waals surface area contributed by atoms with Crippen LogP contribution >= 0.6 is 0 Å². The number of nitrogens with zero attached hydrogens (tertiary/aromatic N) is 2. The highest BCUT2D eigenvalue weighted by Gasteiger charge is 2.14. The fourth-order valence-corrected chi connectivity index (χ4v) is 1.18. The maximum absolute atomic E-state index is 4.43. The Morgan fingerprint density at radius 2 is 2.17 bits per heavy atom. The van der Waals surface area contributed by atoms with Crippen LogP contribution in [0.15, 0.2) is 18.5 Å². The Balaban J connectivity index is 2.59. The van der Waals surface area contributed by atoms with E-state index in [0.29, 0.717) is 0 Å². The molecule has 0 amide bonds. The van der Waals surface area contributed by atoms with Crippen LogP contribution < -0.4 is 0 Å². The molecule has 3 heteroatoms. The van der Waals surface area contributed by atoms with Crippen LogP contribution in [0, 0.1) is 0 Å². The van der Waals surface area contributed by atoms with Gasteiger partial charge in [0.2, 0.25) is 0 Å². The van der Waals surface area contributed by atoms with Gasteiger partial charge in [-0.1, -0.05) is 0 Å². The highest BCUT2D eigenvalue weighted by atomic mass is 15.3. The van der Waals surface area contributed by atoms with Gasteiger partial charge in [-0.05, 0) is 26.8 Å². The van der Waals surface area contributed by atoms with Crippen molar-refractivity contribution in [3.63, 3.8) is 0 Å². The lowest BCUT2D eigenvalue weighted by molar-refractivity contribution is 0.358. The normalized spacial score (nSPS) is 12.6. The lowest BCUT2D eigenvalue weighted by atomic mass is 10.1. The van der Waals surface area contributed by atoms with Crippen molar-refractivity contribution in [2.24, 2.45) is 0 Å². The van der Waals surface area contributed by atoms with Gasteiger partial charge in [-0.25, -0.2) is 0 Å². The van der Waals surface area contributed by atoms with Crippen LogP contribution in [0.5, 0.6) is 0 Å². The molecule has 0 saturated heterocycles. The van der Waals surface area contributed by atoms with E-state index in [-0.39, 0.29) is 5.54 Å². The van der Waals surface area contributed by atoms with Crippen molar-refractivity contribution in [1.82, 2.24) is 14.8 Å². The molecule has 64 valence electrons. The van der Waals surface area contributed by atoms with Crippen molar-refractivity contribution in [2.75, 3.05) is 0 Å². The van der Waals surface area contributed by atoms with Gasteiger partial charge < -0.3 is 4.98 Å². The maximum atomic E-state index is 4.43. The Kier molecular flexibility index (Phi) is 1.31. The summed E-state index contributed by atoms with van der Waals surface area (Å²) in [4.78, 5) is 3.13. The van der Waals surface area contributed by atoms with E-state index in [1.54, 1.807) is 0 Å². The van der Waals surface area contributed by atoms with E-state index in [2.05, 4.69) is 30.9 Å². The van der Waals surface area contributed by atoms with Crippen LogP contribution in [-0.2, 0) is 5.54 Å². The monoisotopic (exact) mass is 163 g/mol. The molecule has 0 aliphatic rings. The minimum Gasteiger partial charge on any atom is -0.359 e. The van der Waals surface area contributed by atoms with E-state index in [4.69, 9.17) is 0 Å². The van der Waals surface area contributed by atoms with Gasteiger partial charge in [-0.2, -0.15) is 5.10 Å². The second-order valence-corrected chi connectivity index (χ2v) is 4.02. The minimum atomic E-state index is 0.0693. The SMILES string of the molecule is CC(C)(C)n1cc2[nH]ccc2n1. The van der Waals surface area contributed by atoms with Gasteiger partial charge in [-0.15, -0.1) is 0 Å². The maximum Gasteiger partial charge on any atom is 0.110 e. The predicted molar refractivity (Wildman–Crippen MR) is 49.1 cm³/mol. The zero-order chi connectivity index (χ0) is 8.77. The first-order chi connectivity index (χ1) is 5.57. The van der Waals surface area contributed by atoms with Gasteiger partial charge in [0.05, 0.1) is 11.1 Å². The molecular weight excluding hydrogens is 150 g/mol. The van der Waals surface area contributed by atoms with Gasteiger partial charge in [0.1, 0.15) is 5.52 Å². The first-order valence-corrected chi connectivity index (χ1v) is 4.10. The summed E-state index contributed by atoms with van der Waals surface area (Å²) in [5.41, 5.74) is 2.20. The summed E-state index contributed by atoms with van der Waals surface area (Å²) in [6.07, 6.45) is 3.94. The largest absolute Gasteiger partial charge is 0.359 e. The van der Waals surface area contributed by atoms with Crippen molar-refractivity contribution in [1.29, 1.82) is 0 Å². The summed E-state index contributed by atoms with van der Waals surface area (Å²) in [6.45, 7) is 6.41. The molecular formula is C9H13N3. The van der Waals surface area contributed by atoms with Gasteiger partial charge in [0, 0.05) is 12.4 Å². The molecule has 0 bridgehead atoms. The number of hydrogen-bond acceptors (Lipinski definition) is 1. The number of fused-ring (bicyclic) bond motifs is 1. The zero-order valence-corrected chi connectivity index (χ0v) is 7.63. The Morgan fingerprint density at radius 1 is 1.42 bits per heavy atom. The minimum absolute atomic E-state index is 0.0693. The third-order valence-electron chi connectivity index (χ3n) is 1.91. The van der Waals surface area contributed by atoms with Crippen molar-refractivity contribution in [2.45, 2.75) is 26.3 Å². The quantitative estimate of drug-likeness (QED) is 0.634. The number of rotatable bonds is 0. The smallest absolute Gasteiger partial charge is 0.110 e. The van der Waals surface area contributed by atoms with Crippen LogP contribution in [0.2, 0.25) is 0 Å². The van der Waals surface area contributed by atoms with E-state index in [0.717, 1.165) is 11.0 Å². The average Bonchev–Trinajstić information content (AvgIpc) is 2.37. The summed E-state index contributed by atoms with van der Waals surface area (Å²) in [6, 6.07) is 1.98. The van der Waals surface area contributed by atoms with Crippen molar-refractivity contribution >= 4 is 11.0 Å². The molecule has 0 atom stereocenters. The molecule has 2 heterocycles. The summed E-state index contributed by atoms with van der Waals surface area (Å²) in [5, 5.41) is 4.43. The molecule has 0 aliphatic heterocycles. The summed E-state index contributed by atoms with van der Waals surface area (Å²) in [5.74, 6) is 0. The molecule has 0 radical (unpaired) electrons. The van der Waals surface area contributed by atoms with Crippen LogP contribution in [0.25, 0.3) is 11.0 Å². The van der Waals surface area contributed by atoms with E-state index >= 15 is 0 Å². The van der Waals surface area contributed by atoms with Crippen LogP contribution in [0.3, 0.4) is 0 Å². The number of hydrogen-bond donors (Lipinski definition) is 1. The average molecular weight is 163 g/mol.